The molecule has 1 aromatic heterocycles. The Morgan fingerprint density at radius 3 is 2.95 bits per heavy atom. The topological polar surface area (TPSA) is 75.4 Å². The Morgan fingerprint density at radius 1 is 1.53 bits per heavy atom. The maximum Gasteiger partial charge on any atom is 0.246 e. The van der Waals surface area contributed by atoms with Crippen molar-refractivity contribution in [2.75, 3.05) is 18.9 Å². The fourth-order valence-electron chi connectivity index (χ4n) is 2.08. The molecule has 1 N–H and O–H groups in total. The number of thioether (sulfide) groups is 1. The summed E-state index contributed by atoms with van der Waals surface area (Å²) in [5, 5.41) is 13.1. The van der Waals surface area contributed by atoms with Crippen molar-refractivity contribution in [2.24, 2.45) is 0 Å². The predicted molar refractivity (Wildman–Crippen MR) is 74.6 cm³/mol. The number of rotatable bonds is 4. The quantitative estimate of drug-likeness (QED) is 0.871. The van der Waals surface area contributed by atoms with Gasteiger partial charge in [0.2, 0.25) is 10.0 Å². The molecule has 2 atom stereocenters. The standard InChI is InChI=1S/C11H19N3O3S2/c1-9-10(2)18-6-4-14(9)19(16,17)11-7-12-13(8-11)3-5-15/h7-10,15H,3-6H2,1-2H3. The summed E-state index contributed by atoms with van der Waals surface area (Å²) in [5.74, 6) is 0.815. The summed E-state index contributed by atoms with van der Waals surface area (Å²) in [6.07, 6.45) is 2.83. The summed E-state index contributed by atoms with van der Waals surface area (Å²) in [6.45, 7) is 4.76. The van der Waals surface area contributed by atoms with Crippen molar-refractivity contribution in [3.63, 3.8) is 0 Å². The number of hydrogen-bond acceptors (Lipinski definition) is 5. The summed E-state index contributed by atoms with van der Waals surface area (Å²) in [7, 11) is -3.49. The van der Waals surface area contributed by atoms with Crippen LogP contribution in [0.5, 0.6) is 0 Å². The van der Waals surface area contributed by atoms with Crippen molar-refractivity contribution >= 4 is 21.8 Å². The van der Waals surface area contributed by atoms with Gasteiger partial charge in [-0.2, -0.15) is 21.2 Å². The Morgan fingerprint density at radius 2 is 2.26 bits per heavy atom. The third kappa shape index (κ3) is 2.96. The van der Waals surface area contributed by atoms with Gasteiger partial charge in [0.1, 0.15) is 4.90 Å². The molecule has 1 saturated heterocycles. The van der Waals surface area contributed by atoms with E-state index in [1.807, 2.05) is 13.8 Å². The first kappa shape index (κ1) is 14.8. The number of aliphatic hydroxyl groups excluding tert-OH is 1. The Hall–Kier alpha value is -0.570. The van der Waals surface area contributed by atoms with Gasteiger partial charge in [0.15, 0.2) is 0 Å². The van der Waals surface area contributed by atoms with Crippen molar-refractivity contribution in [3.8, 4) is 0 Å². The van der Waals surface area contributed by atoms with E-state index in [-0.39, 0.29) is 22.8 Å². The first-order chi connectivity index (χ1) is 8.96. The maximum atomic E-state index is 12.6. The van der Waals surface area contributed by atoms with Crippen LogP contribution in [0.2, 0.25) is 0 Å². The molecular formula is C11H19N3O3S2. The third-order valence-corrected chi connectivity index (χ3v) is 6.65. The molecule has 19 heavy (non-hydrogen) atoms. The summed E-state index contributed by atoms with van der Waals surface area (Å²) in [6, 6.07) is -0.0232. The minimum Gasteiger partial charge on any atom is -0.394 e. The lowest BCUT2D eigenvalue weighted by Crippen LogP contribution is -2.47. The molecule has 1 fully saturated rings. The monoisotopic (exact) mass is 305 g/mol. The van der Waals surface area contributed by atoms with E-state index >= 15 is 0 Å². The smallest absolute Gasteiger partial charge is 0.246 e. The summed E-state index contributed by atoms with van der Waals surface area (Å²) >= 11 is 1.79. The van der Waals surface area contributed by atoms with E-state index in [1.54, 1.807) is 16.1 Å². The summed E-state index contributed by atoms with van der Waals surface area (Å²) in [5.41, 5.74) is 0. The average molecular weight is 305 g/mol. The highest BCUT2D eigenvalue weighted by molar-refractivity contribution is 8.00. The fourth-order valence-corrected chi connectivity index (χ4v) is 5.03. The highest BCUT2D eigenvalue weighted by Gasteiger charge is 2.35. The van der Waals surface area contributed by atoms with Crippen molar-refractivity contribution in [3.05, 3.63) is 12.4 Å². The molecule has 0 radical (unpaired) electrons. The van der Waals surface area contributed by atoms with E-state index in [0.29, 0.717) is 13.1 Å². The van der Waals surface area contributed by atoms with Gasteiger partial charge in [-0.25, -0.2) is 8.42 Å². The normalized spacial score (nSPS) is 25.6. The molecule has 1 aromatic rings. The second-order valence-corrected chi connectivity index (χ2v) is 7.97. The van der Waals surface area contributed by atoms with E-state index in [9.17, 15) is 8.42 Å². The molecule has 1 aliphatic rings. The van der Waals surface area contributed by atoms with Gasteiger partial charge in [0, 0.05) is 29.8 Å². The Balaban J connectivity index is 2.25. The van der Waals surface area contributed by atoms with Crippen LogP contribution in [-0.2, 0) is 16.6 Å². The van der Waals surface area contributed by atoms with Crippen LogP contribution >= 0.6 is 11.8 Å². The Labute approximate surface area is 117 Å². The minimum atomic E-state index is -3.49. The highest BCUT2D eigenvalue weighted by atomic mass is 32.2. The van der Waals surface area contributed by atoms with Gasteiger partial charge in [-0.1, -0.05) is 6.92 Å². The van der Waals surface area contributed by atoms with Crippen LogP contribution in [0.15, 0.2) is 17.3 Å². The molecule has 108 valence electrons. The second-order valence-electron chi connectivity index (χ2n) is 4.59. The van der Waals surface area contributed by atoms with Gasteiger partial charge in [0.05, 0.1) is 19.3 Å². The van der Waals surface area contributed by atoms with E-state index in [0.717, 1.165) is 5.75 Å². The molecule has 0 amide bonds. The van der Waals surface area contributed by atoms with Gasteiger partial charge in [-0.15, -0.1) is 0 Å². The number of aromatic nitrogens is 2. The third-order valence-electron chi connectivity index (χ3n) is 3.37. The fraction of sp³-hybridized carbons (Fsp3) is 0.727. The van der Waals surface area contributed by atoms with Crippen LogP contribution in [0.4, 0.5) is 0 Å². The first-order valence-electron chi connectivity index (χ1n) is 6.23. The maximum absolute atomic E-state index is 12.6. The first-order valence-corrected chi connectivity index (χ1v) is 8.72. The van der Waals surface area contributed by atoms with Crippen molar-refractivity contribution in [1.82, 2.24) is 14.1 Å². The molecule has 0 bridgehead atoms. The van der Waals surface area contributed by atoms with Crippen LogP contribution in [-0.4, -0.2) is 57.8 Å². The van der Waals surface area contributed by atoms with Crippen LogP contribution in [0.25, 0.3) is 0 Å². The van der Waals surface area contributed by atoms with E-state index < -0.39 is 10.0 Å². The zero-order chi connectivity index (χ0) is 14.0. The molecule has 0 aromatic carbocycles. The Kier molecular flexibility index (Phi) is 4.54. The van der Waals surface area contributed by atoms with Crippen LogP contribution in [0, 0.1) is 0 Å². The average Bonchev–Trinajstić information content (AvgIpc) is 2.82. The van der Waals surface area contributed by atoms with Crippen molar-refractivity contribution in [2.45, 2.75) is 36.6 Å². The second kappa shape index (κ2) is 5.82. The molecule has 0 aliphatic carbocycles. The van der Waals surface area contributed by atoms with Gasteiger partial charge >= 0.3 is 0 Å². The number of nitrogens with zero attached hydrogens (tertiary/aromatic N) is 3. The molecule has 2 unspecified atom stereocenters. The minimum absolute atomic E-state index is 0.0232. The molecular weight excluding hydrogens is 286 g/mol. The predicted octanol–water partition coefficient (Wildman–Crippen LogP) is 0.390. The van der Waals surface area contributed by atoms with E-state index in [2.05, 4.69) is 5.10 Å². The highest BCUT2D eigenvalue weighted by Crippen LogP contribution is 2.29. The zero-order valence-corrected chi connectivity index (χ0v) is 12.7. The van der Waals surface area contributed by atoms with Gasteiger partial charge in [0.25, 0.3) is 0 Å². The lowest BCUT2D eigenvalue weighted by atomic mass is 10.2. The molecule has 2 rings (SSSR count). The van der Waals surface area contributed by atoms with Crippen LogP contribution in [0.1, 0.15) is 13.8 Å². The van der Waals surface area contributed by atoms with Gasteiger partial charge < -0.3 is 5.11 Å². The van der Waals surface area contributed by atoms with Crippen LogP contribution < -0.4 is 0 Å². The molecule has 0 spiro atoms. The van der Waals surface area contributed by atoms with Gasteiger partial charge in [-0.3, -0.25) is 4.68 Å². The van der Waals surface area contributed by atoms with Gasteiger partial charge in [-0.05, 0) is 6.92 Å². The van der Waals surface area contributed by atoms with Crippen LogP contribution in [0.3, 0.4) is 0 Å². The molecule has 6 nitrogen and oxygen atoms in total. The van der Waals surface area contributed by atoms with Crippen molar-refractivity contribution in [1.29, 1.82) is 0 Å². The zero-order valence-electron chi connectivity index (χ0n) is 11.1. The molecule has 1 aliphatic heterocycles. The molecule has 8 heteroatoms. The molecule has 0 saturated carbocycles. The number of aliphatic hydroxyl groups is 1. The number of sulfonamides is 1. The summed E-state index contributed by atoms with van der Waals surface area (Å²) in [4.78, 5) is 0.201. The van der Waals surface area contributed by atoms with E-state index in [1.165, 1.54) is 17.1 Å². The van der Waals surface area contributed by atoms with Crippen molar-refractivity contribution < 1.29 is 13.5 Å². The molecule has 2 heterocycles. The lowest BCUT2D eigenvalue weighted by Gasteiger charge is -2.36. The SMILES string of the molecule is CC1SCCN(S(=O)(=O)c2cnn(CCO)c2)C1C. The van der Waals surface area contributed by atoms with E-state index in [4.69, 9.17) is 5.11 Å². The lowest BCUT2D eigenvalue weighted by molar-refractivity contribution is 0.269. The number of hydrogen-bond donors (Lipinski definition) is 1. The Bertz CT molecular complexity index is 529. The largest absolute Gasteiger partial charge is 0.394 e. The summed E-state index contributed by atoms with van der Waals surface area (Å²) < 4.78 is 28.1.